The lowest BCUT2D eigenvalue weighted by Gasteiger charge is -2.12. The van der Waals surface area contributed by atoms with E-state index in [0.717, 1.165) is 11.1 Å². The topological polar surface area (TPSA) is 84.5 Å². The number of aryl methyl sites for hydroxylation is 2. The maximum absolute atomic E-state index is 13.5. The molecule has 3 aromatic rings. The molecule has 0 bridgehead atoms. The molecule has 3 rings (SSSR count). The highest BCUT2D eigenvalue weighted by molar-refractivity contribution is 7.92. The molecule has 8 heteroatoms. The Kier molecular flexibility index (Phi) is 6.37. The Bertz CT molecular complexity index is 1160. The van der Waals surface area contributed by atoms with Gasteiger partial charge in [-0.25, -0.2) is 12.8 Å². The molecule has 0 aliphatic heterocycles. The molecule has 0 unspecified atom stereocenters. The molecular weight excluding hydrogens is 407 g/mol. The second kappa shape index (κ2) is 8.96. The number of hydrogen-bond donors (Lipinski definition) is 2. The molecule has 2 N–H and O–H groups in total. The van der Waals surface area contributed by atoms with Gasteiger partial charge in [-0.1, -0.05) is 29.8 Å². The smallest absolute Gasteiger partial charge is 0.262 e. The molecule has 3 aromatic carbocycles. The van der Waals surface area contributed by atoms with Crippen molar-refractivity contribution in [3.63, 3.8) is 0 Å². The summed E-state index contributed by atoms with van der Waals surface area (Å²) in [6, 6.07) is 16.9. The van der Waals surface area contributed by atoms with Gasteiger partial charge in [0.25, 0.3) is 15.9 Å². The molecule has 0 aliphatic rings. The first-order valence-electron chi connectivity index (χ1n) is 9.12. The molecule has 0 radical (unpaired) electrons. The lowest BCUT2D eigenvalue weighted by Crippen LogP contribution is -2.20. The summed E-state index contributed by atoms with van der Waals surface area (Å²) in [5.41, 5.74) is 2.75. The average Bonchev–Trinajstić information content (AvgIpc) is 2.70. The monoisotopic (exact) mass is 428 g/mol. The minimum absolute atomic E-state index is 0.0217. The molecule has 0 spiro atoms. The zero-order valence-electron chi connectivity index (χ0n) is 16.5. The van der Waals surface area contributed by atoms with Crippen LogP contribution >= 0.6 is 0 Å². The van der Waals surface area contributed by atoms with Crippen LogP contribution in [-0.4, -0.2) is 20.9 Å². The number of anilines is 2. The Labute approximate surface area is 174 Å². The first kappa shape index (κ1) is 21.3. The van der Waals surface area contributed by atoms with Gasteiger partial charge in [0.15, 0.2) is 18.2 Å². The van der Waals surface area contributed by atoms with Crippen molar-refractivity contribution in [3.8, 4) is 5.75 Å². The van der Waals surface area contributed by atoms with Crippen LogP contribution < -0.4 is 14.8 Å². The molecule has 0 aromatic heterocycles. The molecule has 6 nitrogen and oxygen atoms in total. The summed E-state index contributed by atoms with van der Waals surface area (Å²) in [7, 11) is -3.77. The van der Waals surface area contributed by atoms with E-state index in [2.05, 4.69) is 10.0 Å². The van der Waals surface area contributed by atoms with E-state index in [-0.39, 0.29) is 17.3 Å². The largest absolute Gasteiger partial charge is 0.481 e. The van der Waals surface area contributed by atoms with Crippen molar-refractivity contribution in [2.75, 3.05) is 16.6 Å². The van der Waals surface area contributed by atoms with Crippen LogP contribution in [0.3, 0.4) is 0 Å². The van der Waals surface area contributed by atoms with Crippen molar-refractivity contribution in [2.45, 2.75) is 18.7 Å². The van der Waals surface area contributed by atoms with E-state index in [1.165, 1.54) is 42.5 Å². The molecular formula is C22H21FN2O4S. The molecule has 30 heavy (non-hydrogen) atoms. The maximum atomic E-state index is 13.5. The van der Waals surface area contributed by atoms with Crippen LogP contribution in [0, 0.1) is 19.7 Å². The van der Waals surface area contributed by atoms with Crippen molar-refractivity contribution in [3.05, 3.63) is 83.7 Å². The van der Waals surface area contributed by atoms with E-state index in [1.807, 2.05) is 26.0 Å². The van der Waals surface area contributed by atoms with Crippen molar-refractivity contribution in [1.29, 1.82) is 0 Å². The summed E-state index contributed by atoms with van der Waals surface area (Å²) in [5.74, 6) is -1.08. The van der Waals surface area contributed by atoms with Gasteiger partial charge in [-0.3, -0.25) is 9.52 Å². The van der Waals surface area contributed by atoms with Crippen LogP contribution in [0.4, 0.5) is 15.8 Å². The number of nitrogens with one attached hydrogen (secondary N) is 2. The van der Waals surface area contributed by atoms with E-state index in [1.54, 1.807) is 12.1 Å². The molecule has 0 fully saturated rings. The Balaban J connectivity index is 1.62. The quantitative estimate of drug-likeness (QED) is 0.589. The maximum Gasteiger partial charge on any atom is 0.262 e. The molecule has 0 saturated carbocycles. The number of carbonyl (C=O) groups is 1. The third-order valence-electron chi connectivity index (χ3n) is 4.27. The van der Waals surface area contributed by atoms with E-state index in [9.17, 15) is 17.6 Å². The van der Waals surface area contributed by atoms with Crippen LogP contribution in [0.25, 0.3) is 0 Å². The molecule has 0 heterocycles. The summed E-state index contributed by atoms with van der Waals surface area (Å²) in [6.45, 7) is 3.38. The van der Waals surface area contributed by atoms with Gasteiger partial charge in [0, 0.05) is 5.69 Å². The number of amides is 1. The molecule has 156 valence electrons. The highest BCUT2D eigenvalue weighted by Gasteiger charge is 2.15. The Hall–Kier alpha value is -3.39. The van der Waals surface area contributed by atoms with Crippen molar-refractivity contribution >= 4 is 27.3 Å². The van der Waals surface area contributed by atoms with Gasteiger partial charge < -0.3 is 10.1 Å². The Morgan fingerprint density at radius 1 is 1.00 bits per heavy atom. The predicted octanol–water partition coefficient (Wildman–Crippen LogP) is 4.26. The standard InChI is InChI=1S/C22H21FN2O4S/c1-15-7-12-20(16(2)13-15)25-30(27,28)18-10-8-17(9-11-18)24-22(26)14-29-21-6-4-3-5-19(21)23/h3-13,25H,14H2,1-2H3,(H,24,26). The molecule has 0 aliphatic carbocycles. The first-order valence-corrected chi connectivity index (χ1v) is 10.6. The van der Waals surface area contributed by atoms with Crippen LogP contribution in [0.5, 0.6) is 5.75 Å². The number of hydrogen-bond acceptors (Lipinski definition) is 4. The molecule has 0 atom stereocenters. The number of halogens is 1. The summed E-state index contributed by atoms with van der Waals surface area (Å²) < 4.78 is 46.4. The van der Waals surface area contributed by atoms with Crippen LogP contribution in [0.2, 0.25) is 0 Å². The third kappa shape index (κ3) is 5.36. The van der Waals surface area contributed by atoms with Gasteiger partial charge in [-0.05, 0) is 61.9 Å². The van der Waals surface area contributed by atoms with Crippen molar-refractivity contribution < 1.29 is 22.3 Å². The SMILES string of the molecule is Cc1ccc(NS(=O)(=O)c2ccc(NC(=O)COc3ccccc3F)cc2)c(C)c1. The second-order valence-electron chi connectivity index (χ2n) is 6.72. The van der Waals surface area contributed by atoms with Crippen molar-refractivity contribution in [1.82, 2.24) is 0 Å². The summed E-state index contributed by atoms with van der Waals surface area (Å²) in [4.78, 5) is 12.1. The highest BCUT2D eigenvalue weighted by Crippen LogP contribution is 2.22. The zero-order chi connectivity index (χ0) is 21.7. The fraction of sp³-hybridized carbons (Fsp3) is 0.136. The lowest BCUT2D eigenvalue weighted by molar-refractivity contribution is -0.118. The molecule has 0 saturated heterocycles. The normalized spacial score (nSPS) is 11.0. The third-order valence-corrected chi connectivity index (χ3v) is 5.65. The Morgan fingerprint density at radius 2 is 1.70 bits per heavy atom. The van der Waals surface area contributed by atoms with Gasteiger partial charge in [-0.2, -0.15) is 0 Å². The first-order chi connectivity index (χ1) is 14.2. The van der Waals surface area contributed by atoms with Crippen LogP contribution in [-0.2, 0) is 14.8 Å². The molecule has 1 amide bonds. The number of sulfonamides is 1. The minimum Gasteiger partial charge on any atom is -0.481 e. The summed E-state index contributed by atoms with van der Waals surface area (Å²) >= 11 is 0. The van der Waals surface area contributed by atoms with Gasteiger partial charge >= 0.3 is 0 Å². The van der Waals surface area contributed by atoms with Crippen LogP contribution in [0.15, 0.2) is 71.6 Å². The highest BCUT2D eigenvalue weighted by atomic mass is 32.2. The van der Waals surface area contributed by atoms with Gasteiger partial charge in [0.2, 0.25) is 0 Å². The van der Waals surface area contributed by atoms with E-state index >= 15 is 0 Å². The van der Waals surface area contributed by atoms with Gasteiger partial charge in [-0.15, -0.1) is 0 Å². The number of ether oxygens (including phenoxy) is 1. The predicted molar refractivity (Wildman–Crippen MR) is 114 cm³/mol. The van der Waals surface area contributed by atoms with Gasteiger partial charge in [0.05, 0.1) is 10.6 Å². The minimum atomic E-state index is -3.77. The van der Waals surface area contributed by atoms with Crippen molar-refractivity contribution in [2.24, 2.45) is 0 Å². The van der Waals surface area contributed by atoms with E-state index < -0.39 is 21.7 Å². The summed E-state index contributed by atoms with van der Waals surface area (Å²) in [6.07, 6.45) is 0. The summed E-state index contributed by atoms with van der Waals surface area (Å²) in [5, 5.41) is 2.57. The van der Waals surface area contributed by atoms with E-state index in [4.69, 9.17) is 4.74 Å². The lowest BCUT2D eigenvalue weighted by atomic mass is 10.1. The average molecular weight is 428 g/mol. The van der Waals surface area contributed by atoms with Crippen LogP contribution in [0.1, 0.15) is 11.1 Å². The zero-order valence-corrected chi connectivity index (χ0v) is 17.3. The van der Waals surface area contributed by atoms with Gasteiger partial charge in [0.1, 0.15) is 0 Å². The fourth-order valence-corrected chi connectivity index (χ4v) is 3.88. The number of para-hydroxylation sites is 1. The second-order valence-corrected chi connectivity index (χ2v) is 8.40. The number of rotatable bonds is 7. The Morgan fingerprint density at radius 3 is 2.37 bits per heavy atom. The number of benzene rings is 3. The number of carbonyl (C=O) groups excluding carboxylic acids is 1. The fourth-order valence-electron chi connectivity index (χ4n) is 2.75. The van der Waals surface area contributed by atoms with E-state index in [0.29, 0.717) is 11.4 Å².